The summed E-state index contributed by atoms with van der Waals surface area (Å²) < 4.78 is 33.9. The van der Waals surface area contributed by atoms with Crippen molar-refractivity contribution in [2.24, 2.45) is 0 Å². The number of fused-ring (bicyclic) bond motifs is 1. The second kappa shape index (κ2) is 10.5. The zero-order valence-electron chi connectivity index (χ0n) is 21.1. The van der Waals surface area contributed by atoms with E-state index in [1.807, 2.05) is 48.5 Å². The van der Waals surface area contributed by atoms with Gasteiger partial charge in [0, 0.05) is 18.2 Å². The molecule has 2 N–H and O–H groups in total. The van der Waals surface area contributed by atoms with Crippen LogP contribution in [0.15, 0.2) is 97.1 Å². The number of nitrogens with zero attached hydrogens (tertiary/aromatic N) is 1. The van der Waals surface area contributed by atoms with E-state index in [4.69, 9.17) is 4.74 Å². The van der Waals surface area contributed by atoms with Crippen LogP contribution in [0.3, 0.4) is 0 Å². The van der Waals surface area contributed by atoms with Gasteiger partial charge in [-0.25, -0.2) is 13.6 Å². The van der Waals surface area contributed by atoms with E-state index in [0.717, 1.165) is 28.3 Å². The maximum atomic E-state index is 14.0. The van der Waals surface area contributed by atoms with Gasteiger partial charge in [-0.1, -0.05) is 72.8 Å². The standard InChI is InChI=1S/C32H28F2N2O3/c33-24-14-20(15-25(34)18-24)16-27-31(39-32(38)35-27)28-17-23-12-7-13-29(37)26(23)19-36(28)30(21-8-3-1-4-9-21)22-10-5-2-6-11-22/h1-15,18,27-28,30-31,37H,16-17,19H2,(H,35,38)/t27-,28?,31-/m0/s1. The van der Waals surface area contributed by atoms with Gasteiger partial charge in [0.05, 0.1) is 18.1 Å². The van der Waals surface area contributed by atoms with Crippen LogP contribution in [0.5, 0.6) is 5.75 Å². The first-order valence-electron chi connectivity index (χ1n) is 13.0. The Morgan fingerprint density at radius 1 is 0.897 bits per heavy atom. The lowest BCUT2D eigenvalue weighted by atomic mass is 9.83. The molecule has 3 atom stereocenters. The van der Waals surface area contributed by atoms with Gasteiger partial charge >= 0.3 is 6.09 Å². The monoisotopic (exact) mass is 526 g/mol. The Morgan fingerprint density at radius 3 is 2.18 bits per heavy atom. The first kappa shape index (κ1) is 25.1. The molecule has 0 saturated carbocycles. The number of rotatable bonds is 6. The lowest BCUT2D eigenvalue weighted by molar-refractivity contribution is 0.0183. The molecule has 6 rings (SSSR count). The van der Waals surface area contributed by atoms with E-state index in [1.165, 1.54) is 12.1 Å². The summed E-state index contributed by atoms with van der Waals surface area (Å²) in [4.78, 5) is 14.9. The highest BCUT2D eigenvalue weighted by atomic mass is 19.1. The van der Waals surface area contributed by atoms with Crippen molar-refractivity contribution in [1.29, 1.82) is 0 Å². The first-order valence-corrected chi connectivity index (χ1v) is 13.0. The predicted molar refractivity (Wildman–Crippen MR) is 143 cm³/mol. The van der Waals surface area contributed by atoms with Crippen molar-refractivity contribution in [1.82, 2.24) is 10.2 Å². The van der Waals surface area contributed by atoms with Gasteiger partial charge in [0.15, 0.2) is 0 Å². The molecule has 1 fully saturated rings. The Bertz CT molecular complexity index is 1420. The molecule has 0 aliphatic carbocycles. The van der Waals surface area contributed by atoms with Gasteiger partial charge in [0.1, 0.15) is 23.5 Å². The molecule has 198 valence electrons. The third kappa shape index (κ3) is 5.10. The summed E-state index contributed by atoms with van der Waals surface area (Å²) in [6.07, 6.45) is -0.425. The van der Waals surface area contributed by atoms with Crippen molar-refractivity contribution < 1.29 is 23.4 Å². The summed E-state index contributed by atoms with van der Waals surface area (Å²) >= 11 is 0. The second-order valence-corrected chi connectivity index (χ2v) is 10.2. The number of benzene rings is 4. The molecule has 2 aliphatic rings. The van der Waals surface area contributed by atoms with Crippen LogP contribution in [0.1, 0.15) is 33.9 Å². The molecule has 1 saturated heterocycles. The Balaban J connectivity index is 1.44. The average molecular weight is 527 g/mol. The fraction of sp³-hybridized carbons (Fsp3) is 0.219. The first-order chi connectivity index (χ1) is 19.0. The molecule has 2 aliphatic heterocycles. The SMILES string of the molecule is O=C1N[C@@H](Cc2cc(F)cc(F)c2)[C@@H](C2Cc3cccc(O)c3CN2C(c2ccccc2)c2ccccc2)O1. The number of phenols is 1. The zero-order valence-corrected chi connectivity index (χ0v) is 21.1. The number of hydrogen-bond donors (Lipinski definition) is 2. The fourth-order valence-corrected chi connectivity index (χ4v) is 6.04. The highest BCUT2D eigenvalue weighted by Crippen LogP contribution is 2.41. The van der Waals surface area contributed by atoms with Gasteiger partial charge in [-0.05, 0) is 53.3 Å². The van der Waals surface area contributed by atoms with E-state index >= 15 is 0 Å². The number of alkyl carbamates (subject to hydrolysis) is 1. The van der Waals surface area contributed by atoms with Crippen LogP contribution in [0.25, 0.3) is 0 Å². The van der Waals surface area contributed by atoms with Crippen LogP contribution in [-0.4, -0.2) is 34.3 Å². The maximum absolute atomic E-state index is 14.0. The molecule has 0 bridgehead atoms. The zero-order chi connectivity index (χ0) is 26.9. The van der Waals surface area contributed by atoms with E-state index in [0.29, 0.717) is 18.5 Å². The minimum absolute atomic E-state index is 0.197. The molecule has 2 heterocycles. The largest absolute Gasteiger partial charge is 0.508 e. The summed E-state index contributed by atoms with van der Waals surface area (Å²) in [5.74, 6) is -1.10. The minimum Gasteiger partial charge on any atom is -0.508 e. The highest BCUT2D eigenvalue weighted by molar-refractivity contribution is 5.70. The lowest BCUT2D eigenvalue weighted by Crippen LogP contribution is -2.53. The molecule has 39 heavy (non-hydrogen) atoms. The van der Waals surface area contributed by atoms with E-state index in [2.05, 4.69) is 34.5 Å². The maximum Gasteiger partial charge on any atom is 0.407 e. The topological polar surface area (TPSA) is 61.8 Å². The van der Waals surface area contributed by atoms with Crippen molar-refractivity contribution >= 4 is 6.09 Å². The molecule has 4 aromatic rings. The number of ether oxygens (including phenoxy) is 1. The average Bonchev–Trinajstić information content (AvgIpc) is 3.29. The number of nitrogens with one attached hydrogen (secondary N) is 1. The van der Waals surface area contributed by atoms with E-state index < -0.39 is 29.9 Å². The highest BCUT2D eigenvalue weighted by Gasteiger charge is 2.46. The van der Waals surface area contributed by atoms with Crippen molar-refractivity contribution in [3.05, 3.63) is 137 Å². The number of cyclic esters (lactones) is 1. The summed E-state index contributed by atoms with van der Waals surface area (Å²) in [7, 11) is 0. The number of aromatic hydroxyl groups is 1. The number of carbonyl (C=O) groups is 1. The van der Waals surface area contributed by atoms with Crippen molar-refractivity contribution in [2.45, 2.75) is 43.6 Å². The molecule has 7 heteroatoms. The van der Waals surface area contributed by atoms with Crippen LogP contribution in [0.2, 0.25) is 0 Å². The molecule has 0 radical (unpaired) electrons. The molecular formula is C32H28F2N2O3. The van der Waals surface area contributed by atoms with Crippen molar-refractivity contribution in [3.63, 3.8) is 0 Å². The van der Waals surface area contributed by atoms with E-state index in [1.54, 1.807) is 6.07 Å². The van der Waals surface area contributed by atoms with Crippen LogP contribution in [0.4, 0.5) is 13.6 Å². The lowest BCUT2D eigenvalue weighted by Gasteiger charge is -2.45. The number of amides is 1. The number of phenolic OH excluding ortho intramolecular Hbond substituents is 1. The van der Waals surface area contributed by atoms with E-state index in [9.17, 15) is 18.7 Å². The van der Waals surface area contributed by atoms with Gasteiger partial charge in [-0.15, -0.1) is 0 Å². The normalized spacial score (nSPS) is 20.9. The molecular weight excluding hydrogens is 498 g/mol. The summed E-state index contributed by atoms with van der Waals surface area (Å²) in [6, 6.07) is 28.1. The van der Waals surface area contributed by atoms with Gasteiger partial charge in [0.2, 0.25) is 0 Å². The Morgan fingerprint density at radius 2 is 1.54 bits per heavy atom. The van der Waals surface area contributed by atoms with Crippen molar-refractivity contribution in [2.75, 3.05) is 0 Å². The molecule has 1 amide bonds. The minimum atomic E-state index is -0.663. The molecule has 4 aromatic carbocycles. The quantitative estimate of drug-likeness (QED) is 0.328. The summed E-state index contributed by atoms with van der Waals surface area (Å²) in [5.41, 5.74) is 4.39. The van der Waals surface area contributed by atoms with Gasteiger partial charge in [-0.3, -0.25) is 4.90 Å². The number of carbonyl (C=O) groups excluding carboxylic acids is 1. The second-order valence-electron chi connectivity index (χ2n) is 10.2. The van der Waals surface area contributed by atoms with Gasteiger partial charge in [0.25, 0.3) is 0 Å². The number of hydrogen-bond acceptors (Lipinski definition) is 4. The van der Waals surface area contributed by atoms with Crippen LogP contribution >= 0.6 is 0 Å². The predicted octanol–water partition coefficient (Wildman–Crippen LogP) is 5.91. The van der Waals surface area contributed by atoms with Crippen LogP contribution in [0, 0.1) is 11.6 Å². The molecule has 1 unspecified atom stereocenters. The number of halogens is 2. The Kier molecular flexibility index (Phi) is 6.75. The third-order valence-corrected chi connectivity index (χ3v) is 7.71. The van der Waals surface area contributed by atoms with Crippen LogP contribution < -0.4 is 5.32 Å². The third-order valence-electron chi connectivity index (χ3n) is 7.71. The molecule has 0 spiro atoms. The van der Waals surface area contributed by atoms with E-state index in [-0.39, 0.29) is 24.3 Å². The van der Waals surface area contributed by atoms with Gasteiger partial charge in [-0.2, -0.15) is 0 Å². The smallest absolute Gasteiger partial charge is 0.407 e. The van der Waals surface area contributed by atoms with Gasteiger partial charge < -0.3 is 15.2 Å². The molecule has 5 nitrogen and oxygen atoms in total. The Labute approximate surface area is 225 Å². The molecule has 0 aromatic heterocycles. The summed E-state index contributed by atoms with van der Waals surface area (Å²) in [5, 5.41) is 13.7. The Hall–Kier alpha value is -4.23. The van der Waals surface area contributed by atoms with Crippen LogP contribution in [-0.2, 0) is 24.1 Å². The summed E-state index contributed by atoms with van der Waals surface area (Å²) in [6.45, 7) is 0.427. The van der Waals surface area contributed by atoms with Crippen molar-refractivity contribution in [3.8, 4) is 5.75 Å². The fourth-order valence-electron chi connectivity index (χ4n) is 6.04.